The Bertz CT molecular complexity index is 433. The number of aromatic nitrogens is 2. The number of ketones is 1. The number of carbonyl (C=O) groups is 1. The van der Waals surface area contributed by atoms with Crippen molar-refractivity contribution in [2.45, 2.75) is 58.9 Å². The molecule has 1 heterocycles. The van der Waals surface area contributed by atoms with Crippen LogP contribution in [0.1, 0.15) is 62.9 Å². The minimum Gasteiger partial charge on any atom is -0.292 e. The maximum Gasteiger partial charge on any atom is 0.185 e. The number of hydrogen-bond acceptors (Lipinski definition) is 2. The van der Waals surface area contributed by atoms with Crippen molar-refractivity contribution in [3.05, 3.63) is 16.4 Å². The smallest absolute Gasteiger partial charge is 0.185 e. The lowest BCUT2D eigenvalue weighted by Gasteiger charge is -2.27. The van der Waals surface area contributed by atoms with Crippen LogP contribution in [-0.4, -0.2) is 15.6 Å². The zero-order valence-electron chi connectivity index (χ0n) is 11.9. The molecule has 0 atom stereocenters. The second kappa shape index (κ2) is 6.69. The van der Waals surface area contributed by atoms with Gasteiger partial charge in [0.15, 0.2) is 5.78 Å². The Kier molecular flexibility index (Phi) is 5.20. The highest BCUT2D eigenvalue weighted by molar-refractivity contribution is 9.10. The normalized spacial score (nSPS) is 23.5. The Labute approximate surface area is 123 Å². The summed E-state index contributed by atoms with van der Waals surface area (Å²) in [6.45, 7) is 5.01. The van der Waals surface area contributed by atoms with Crippen molar-refractivity contribution >= 4 is 21.7 Å². The molecule has 0 aliphatic heterocycles. The molecule has 0 amide bonds. The summed E-state index contributed by atoms with van der Waals surface area (Å²) < 4.78 is 2.65. The van der Waals surface area contributed by atoms with Crippen LogP contribution in [0, 0.1) is 11.8 Å². The van der Waals surface area contributed by atoms with Crippen molar-refractivity contribution < 1.29 is 4.79 Å². The standard InChI is InChI=1S/C15H23BrN2O/c1-3-5-11-6-8-12(9-7-11)15(19)14-13(16)10-17-18(14)4-2/h10-12H,3-9H2,1-2H3. The largest absolute Gasteiger partial charge is 0.292 e. The Hall–Kier alpha value is -0.640. The summed E-state index contributed by atoms with van der Waals surface area (Å²) in [6.07, 6.45) is 8.83. The van der Waals surface area contributed by atoms with Gasteiger partial charge in [-0.25, -0.2) is 0 Å². The summed E-state index contributed by atoms with van der Waals surface area (Å²) in [5.74, 6) is 1.32. The fourth-order valence-corrected chi connectivity index (χ4v) is 3.65. The molecule has 0 unspecified atom stereocenters. The van der Waals surface area contributed by atoms with E-state index in [1.165, 1.54) is 25.7 Å². The van der Waals surface area contributed by atoms with E-state index in [0.29, 0.717) is 0 Å². The zero-order valence-corrected chi connectivity index (χ0v) is 13.4. The van der Waals surface area contributed by atoms with Gasteiger partial charge in [0.1, 0.15) is 5.69 Å². The zero-order chi connectivity index (χ0) is 13.8. The molecule has 0 bridgehead atoms. The predicted molar refractivity (Wildman–Crippen MR) is 80.3 cm³/mol. The van der Waals surface area contributed by atoms with Gasteiger partial charge in [0.2, 0.25) is 0 Å². The second-order valence-electron chi connectivity index (χ2n) is 5.53. The van der Waals surface area contributed by atoms with E-state index in [4.69, 9.17) is 0 Å². The Morgan fingerprint density at radius 3 is 2.63 bits per heavy atom. The van der Waals surface area contributed by atoms with E-state index in [0.717, 1.165) is 35.5 Å². The number of carbonyl (C=O) groups excluding carboxylic acids is 1. The van der Waals surface area contributed by atoms with Gasteiger partial charge in [-0.1, -0.05) is 19.8 Å². The highest BCUT2D eigenvalue weighted by Crippen LogP contribution is 2.34. The maximum absolute atomic E-state index is 12.6. The topological polar surface area (TPSA) is 34.9 Å². The summed E-state index contributed by atoms with van der Waals surface area (Å²) in [7, 11) is 0. The molecular formula is C15H23BrN2O. The SMILES string of the molecule is CCCC1CCC(C(=O)c2c(Br)cnn2CC)CC1. The van der Waals surface area contributed by atoms with Crippen LogP contribution in [0.15, 0.2) is 10.7 Å². The first kappa shape index (κ1) is 14.8. The minimum absolute atomic E-state index is 0.200. The number of hydrogen-bond donors (Lipinski definition) is 0. The third-order valence-corrected chi connectivity index (χ3v) is 4.82. The Balaban J connectivity index is 2.03. The minimum atomic E-state index is 0.200. The van der Waals surface area contributed by atoms with Gasteiger partial charge in [-0.3, -0.25) is 9.48 Å². The molecule has 1 aliphatic rings. The van der Waals surface area contributed by atoms with E-state index in [1.54, 1.807) is 6.20 Å². The first-order valence-corrected chi connectivity index (χ1v) is 8.22. The fraction of sp³-hybridized carbons (Fsp3) is 0.733. The van der Waals surface area contributed by atoms with Crippen LogP contribution in [-0.2, 0) is 6.54 Å². The first-order valence-electron chi connectivity index (χ1n) is 7.42. The lowest BCUT2D eigenvalue weighted by Crippen LogP contribution is -2.24. The quantitative estimate of drug-likeness (QED) is 0.749. The molecule has 19 heavy (non-hydrogen) atoms. The van der Waals surface area contributed by atoms with Crippen LogP contribution >= 0.6 is 15.9 Å². The van der Waals surface area contributed by atoms with Crippen LogP contribution in [0.2, 0.25) is 0 Å². The molecule has 0 aromatic carbocycles. The van der Waals surface area contributed by atoms with Crippen molar-refractivity contribution in [2.75, 3.05) is 0 Å². The van der Waals surface area contributed by atoms with Gasteiger partial charge in [-0.2, -0.15) is 5.10 Å². The van der Waals surface area contributed by atoms with E-state index in [9.17, 15) is 4.79 Å². The molecule has 3 nitrogen and oxygen atoms in total. The van der Waals surface area contributed by atoms with Gasteiger partial charge in [0.25, 0.3) is 0 Å². The number of aryl methyl sites for hydroxylation is 1. The van der Waals surface area contributed by atoms with E-state index in [-0.39, 0.29) is 11.7 Å². The molecule has 2 rings (SSSR count). The van der Waals surface area contributed by atoms with Gasteiger partial charge >= 0.3 is 0 Å². The summed E-state index contributed by atoms with van der Waals surface area (Å²) >= 11 is 3.46. The monoisotopic (exact) mass is 326 g/mol. The van der Waals surface area contributed by atoms with E-state index in [2.05, 4.69) is 28.0 Å². The molecular weight excluding hydrogens is 304 g/mol. The van der Waals surface area contributed by atoms with E-state index < -0.39 is 0 Å². The molecule has 0 saturated heterocycles. The van der Waals surface area contributed by atoms with Crippen LogP contribution in [0.3, 0.4) is 0 Å². The summed E-state index contributed by atoms with van der Waals surface area (Å²) in [5, 5.41) is 4.24. The summed E-state index contributed by atoms with van der Waals surface area (Å²) in [6, 6.07) is 0. The number of Topliss-reactive ketones (excluding diaryl/α,β-unsaturated/α-hetero) is 1. The van der Waals surface area contributed by atoms with Crippen molar-refractivity contribution in [3.63, 3.8) is 0 Å². The number of halogens is 1. The van der Waals surface area contributed by atoms with Gasteiger partial charge < -0.3 is 0 Å². The fourth-order valence-electron chi connectivity index (χ4n) is 3.16. The number of rotatable bonds is 5. The average molecular weight is 327 g/mol. The van der Waals surface area contributed by atoms with Gasteiger partial charge in [0, 0.05) is 12.5 Å². The molecule has 106 valence electrons. The van der Waals surface area contributed by atoms with Crippen molar-refractivity contribution in [2.24, 2.45) is 11.8 Å². The van der Waals surface area contributed by atoms with Crippen LogP contribution in [0.25, 0.3) is 0 Å². The van der Waals surface area contributed by atoms with Crippen molar-refractivity contribution in [1.29, 1.82) is 0 Å². The highest BCUT2D eigenvalue weighted by Gasteiger charge is 2.29. The first-order chi connectivity index (χ1) is 9.17. The molecule has 4 heteroatoms. The van der Waals surface area contributed by atoms with Crippen LogP contribution in [0.5, 0.6) is 0 Å². The number of nitrogens with zero attached hydrogens (tertiary/aromatic N) is 2. The molecule has 0 spiro atoms. The highest BCUT2D eigenvalue weighted by atomic mass is 79.9. The van der Waals surface area contributed by atoms with Crippen LogP contribution < -0.4 is 0 Å². The average Bonchev–Trinajstić information content (AvgIpc) is 2.80. The van der Waals surface area contributed by atoms with Crippen LogP contribution in [0.4, 0.5) is 0 Å². The third-order valence-electron chi connectivity index (χ3n) is 4.24. The summed E-state index contributed by atoms with van der Waals surface area (Å²) in [5.41, 5.74) is 0.765. The Morgan fingerprint density at radius 2 is 2.05 bits per heavy atom. The third kappa shape index (κ3) is 3.28. The summed E-state index contributed by atoms with van der Waals surface area (Å²) in [4.78, 5) is 12.6. The van der Waals surface area contributed by atoms with E-state index >= 15 is 0 Å². The lowest BCUT2D eigenvalue weighted by molar-refractivity contribution is 0.0857. The molecule has 0 N–H and O–H groups in total. The lowest BCUT2D eigenvalue weighted by atomic mass is 9.78. The molecule has 1 saturated carbocycles. The molecule has 0 radical (unpaired) electrons. The molecule has 1 aliphatic carbocycles. The Morgan fingerprint density at radius 1 is 1.37 bits per heavy atom. The van der Waals surface area contributed by atoms with Gasteiger partial charge in [-0.05, 0) is 54.5 Å². The maximum atomic E-state index is 12.6. The molecule has 1 fully saturated rings. The molecule has 1 aromatic rings. The van der Waals surface area contributed by atoms with Gasteiger partial charge in [0.05, 0.1) is 10.7 Å². The van der Waals surface area contributed by atoms with Gasteiger partial charge in [-0.15, -0.1) is 0 Å². The molecule has 1 aromatic heterocycles. The van der Waals surface area contributed by atoms with Crippen molar-refractivity contribution in [1.82, 2.24) is 9.78 Å². The predicted octanol–water partition coefficient (Wildman–Crippen LogP) is 4.45. The second-order valence-corrected chi connectivity index (χ2v) is 6.38. The van der Waals surface area contributed by atoms with E-state index in [1.807, 2.05) is 11.6 Å². The van der Waals surface area contributed by atoms with Crippen molar-refractivity contribution in [3.8, 4) is 0 Å².